The van der Waals surface area contributed by atoms with E-state index in [0.717, 1.165) is 30.4 Å². The minimum atomic E-state index is -0.925. The molecular weight excluding hydrogens is 292 g/mol. The molecule has 23 heavy (non-hydrogen) atoms. The van der Waals surface area contributed by atoms with Gasteiger partial charge in [-0.3, -0.25) is 4.79 Å². The molecule has 2 fully saturated rings. The van der Waals surface area contributed by atoms with E-state index in [4.69, 9.17) is 10.8 Å². The number of carboxylic acids is 1. The second-order valence-corrected chi connectivity index (χ2v) is 7.23. The van der Waals surface area contributed by atoms with Gasteiger partial charge in [0.1, 0.15) is 0 Å². The fourth-order valence-corrected chi connectivity index (χ4v) is 4.79. The van der Waals surface area contributed by atoms with Crippen LogP contribution in [0, 0.1) is 17.8 Å². The minimum Gasteiger partial charge on any atom is -0.478 e. The standard InChI is InChI=1S/C18H22N2O3/c19-16-12-3-2-11(7-12)15(16)17(21)20-6-5-10-1-4-13(18(22)23)8-14(10)9-20/h1,4,8,11-12,15-16H,2-3,5-7,9,19H2,(H,22,23). The van der Waals surface area contributed by atoms with E-state index < -0.39 is 5.97 Å². The van der Waals surface area contributed by atoms with Gasteiger partial charge >= 0.3 is 5.97 Å². The molecule has 1 aliphatic heterocycles. The number of carbonyl (C=O) groups is 2. The smallest absolute Gasteiger partial charge is 0.335 e. The van der Waals surface area contributed by atoms with Gasteiger partial charge in [0.2, 0.25) is 5.91 Å². The first-order valence-electron chi connectivity index (χ1n) is 8.44. The number of aromatic carboxylic acids is 1. The van der Waals surface area contributed by atoms with E-state index in [-0.39, 0.29) is 23.4 Å². The molecule has 1 aromatic rings. The molecule has 4 atom stereocenters. The van der Waals surface area contributed by atoms with Gasteiger partial charge in [0.05, 0.1) is 11.5 Å². The maximum Gasteiger partial charge on any atom is 0.335 e. The summed E-state index contributed by atoms with van der Waals surface area (Å²) >= 11 is 0. The Kier molecular flexibility index (Phi) is 3.41. The Morgan fingerprint density at radius 1 is 1.17 bits per heavy atom. The van der Waals surface area contributed by atoms with Gasteiger partial charge in [-0.2, -0.15) is 0 Å². The van der Waals surface area contributed by atoms with Gasteiger partial charge in [0, 0.05) is 19.1 Å². The van der Waals surface area contributed by atoms with Crippen LogP contribution in [0.1, 0.15) is 40.7 Å². The molecule has 4 rings (SSSR count). The number of amides is 1. The second-order valence-electron chi connectivity index (χ2n) is 7.23. The predicted octanol–water partition coefficient (Wildman–Crippen LogP) is 1.64. The van der Waals surface area contributed by atoms with Crippen molar-refractivity contribution in [3.05, 3.63) is 34.9 Å². The van der Waals surface area contributed by atoms with Crippen molar-refractivity contribution in [1.82, 2.24) is 4.90 Å². The van der Waals surface area contributed by atoms with Crippen LogP contribution in [0.15, 0.2) is 18.2 Å². The lowest BCUT2D eigenvalue weighted by Crippen LogP contribution is -2.48. The highest BCUT2D eigenvalue weighted by Crippen LogP contribution is 2.48. The molecule has 5 nitrogen and oxygen atoms in total. The second kappa shape index (κ2) is 5.34. The number of benzene rings is 1. The van der Waals surface area contributed by atoms with E-state index in [1.54, 1.807) is 12.1 Å². The van der Waals surface area contributed by atoms with E-state index in [9.17, 15) is 9.59 Å². The number of hydrogen-bond acceptors (Lipinski definition) is 3. The fraction of sp³-hybridized carbons (Fsp3) is 0.556. The summed E-state index contributed by atoms with van der Waals surface area (Å²) in [6.45, 7) is 1.22. The van der Waals surface area contributed by atoms with E-state index in [0.29, 0.717) is 24.9 Å². The molecule has 5 heteroatoms. The van der Waals surface area contributed by atoms with E-state index >= 15 is 0 Å². The van der Waals surface area contributed by atoms with Crippen molar-refractivity contribution in [3.63, 3.8) is 0 Å². The molecule has 1 amide bonds. The molecule has 3 N–H and O–H groups in total. The quantitative estimate of drug-likeness (QED) is 0.869. The number of rotatable bonds is 2. The van der Waals surface area contributed by atoms with Crippen LogP contribution < -0.4 is 5.73 Å². The first kappa shape index (κ1) is 14.7. The number of nitrogens with two attached hydrogens (primary N) is 1. The van der Waals surface area contributed by atoms with E-state index in [1.807, 2.05) is 11.0 Å². The lowest BCUT2D eigenvalue weighted by atomic mass is 9.83. The lowest BCUT2D eigenvalue weighted by molar-refractivity contribution is -0.138. The molecule has 2 aliphatic carbocycles. The van der Waals surface area contributed by atoms with Crippen LogP contribution in [0.4, 0.5) is 0 Å². The monoisotopic (exact) mass is 314 g/mol. The molecule has 122 valence electrons. The van der Waals surface area contributed by atoms with Crippen LogP contribution in [0.25, 0.3) is 0 Å². The molecule has 1 aromatic carbocycles. The van der Waals surface area contributed by atoms with Gasteiger partial charge in [-0.1, -0.05) is 6.07 Å². The zero-order valence-electron chi connectivity index (χ0n) is 13.1. The topological polar surface area (TPSA) is 83.6 Å². The molecule has 3 aliphatic rings. The third-order valence-electron chi connectivity index (χ3n) is 6.04. The van der Waals surface area contributed by atoms with Crippen LogP contribution in [0.5, 0.6) is 0 Å². The van der Waals surface area contributed by atoms with Crippen molar-refractivity contribution in [2.75, 3.05) is 6.54 Å². The van der Waals surface area contributed by atoms with Crippen LogP contribution in [0.2, 0.25) is 0 Å². The zero-order valence-corrected chi connectivity index (χ0v) is 13.1. The van der Waals surface area contributed by atoms with Gasteiger partial charge in [0.25, 0.3) is 0 Å². The van der Waals surface area contributed by atoms with E-state index in [1.165, 1.54) is 6.42 Å². The van der Waals surface area contributed by atoms with Crippen molar-refractivity contribution < 1.29 is 14.7 Å². The molecule has 0 spiro atoms. The molecular formula is C18H22N2O3. The zero-order chi connectivity index (χ0) is 16.1. The van der Waals surface area contributed by atoms with Crippen LogP contribution >= 0.6 is 0 Å². The third-order valence-corrected chi connectivity index (χ3v) is 6.04. The van der Waals surface area contributed by atoms with Crippen LogP contribution in [0.3, 0.4) is 0 Å². The maximum atomic E-state index is 13.0. The molecule has 2 saturated carbocycles. The fourth-order valence-electron chi connectivity index (χ4n) is 4.79. The third kappa shape index (κ3) is 2.34. The number of carbonyl (C=O) groups excluding carboxylic acids is 1. The summed E-state index contributed by atoms with van der Waals surface area (Å²) in [7, 11) is 0. The highest BCUT2D eigenvalue weighted by Gasteiger charge is 2.50. The Morgan fingerprint density at radius 3 is 2.65 bits per heavy atom. The van der Waals surface area contributed by atoms with Crippen molar-refractivity contribution in [2.24, 2.45) is 23.5 Å². The highest BCUT2D eigenvalue weighted by atomic mass is 16.4. The van der Waals surface area contributed by atoms with Crippen LogP contribution in [-0.2, 0) is 17.8 Å². The summed E-state index contributed by atoms with van der Waals surface area (Å²) in [6.07, 6.45) is 4.19. The maximum absolute atomic E-state index is 13.0. The summed E-state index contributed by atoms with van der Waals surface area (Å²) in [6, 6.07) is 5.24. The molecule has 0 aromatic heterocycles. The first-order chi connectivity index (χ1) is 11.0. The SMILES string of the molecule is NC1C2CCC(C2)C1C(=O)N1CCc2ccc(C(=O)O)cc2C1. The number of fused-ring (bicyclic) bond motifs is 3. The highest BCUT2D eigenvalue weighted by molar-refractivity contribution is 5.88. The molecule has 1 heterocycles. The van der Waals surface area contributed by atoms with Gasteiger partial charge in [-0.25, -0.2) is 4.79 Å². The molecule has 4 unspecified atom stereocenters. The van der Waals surface area contributed by atoms with Crippen molar-refractivity contribution >= 4 is 11.9 Å². The number of nitrogens with zero attached hydrogens (tertiary/aromatic N) is 1. The van der Waals surface area contributed by atoms with Crippen molar-refractivity contribution in [2.45, 2.75) is 38.3 Å². The Hall–Kier alpha value is -1.88. The predicted molar refractivity (Wildman–Crippen MR) is 84.8 cm³/mol. The van der Waals surface area contributed by atoms with Gasteiger partial charge in [-0.15, -0.1) is 0 Å². The van der Waals surface area contributed by atoms with Crippen molar-refractivity contribution in [1.29, 1.82) is 0 Å². The number of carboxylic acid groups (broad SMARTS) is 1. The average Bonchev–Trinajstić information content (AvgIpc) is 3.14. The Labute approximate surface area is 135 Å². The minimum absolute atomic E-state index is 0.00741. The summed E-state index contributed by atoms with van der Waals surface area (Å²) in [4.78, 5) is 26.0. The Bertz CT molecular complexity index is 670. The normalized spacial score (nSPS) is 32.0. The van der Waals surface area contributed by atoms with Gasteiger partial charge < -0.3 is 15.7 Å². The average molecular weight is 314 g/mol. The Morgan fingerprint density at radius 2 is 1.96 bits per heavy atom. The van der Waals surface area contributed by atoms with E-state index in [2.05, 4.69) is 0 Å². The largest absolute Gasteiger partial charge is 0.478 e. The van der Waals surface area contributed by atoms with Gasteiger partial charge in [-0.05, 0) is 60.8 Å². The van der Waals surface area contributed by atoms with Crippen molar-refractivity contribution in [3.8, 4) is 0 Å². The van der Waals surface area contributed by atoms with Crippen LogP contribution in [-0.4, -0.2) is 34.5 Å². The number of hydrogen-bond donors (Lipinski definition) is 2. The summed E-state index contributed by atoms with van der Waals surface area (Å²) in [5.41, 5.74) is 8.70. The molecule has 0 saturated heterocycles. The lowest BCUT2D eigenvalue weighted by Gasteiger charge is -2.35. The van der Waals surface area contributed by atoms with Gasteiger partial charge in [0.15, 0.2) is 0 Å². The summed E-state index contributed by atoms with van der Waals surface area (Å²) in [5.74, 6) is 0.194. The Balaban J connectivity index is 1.54. The molecule has 0 radical (unpaired) electrons. The summed E-state index contributed by atoms with van der Waals surface area (Å²) in [5, 5.41) is 9.14. The summed E-state index contributed by atoms with van der Waals surface area (Å²) < 4.78 is 0. The molecule has 2 bridgehead atoms. The first-order valence-corrected chi connectivity index (χ1v) is 8.44.